The van der Waals surface area contributed by atoms with Crippen LogP contribution < -0.4 is 15.2 Å². The smallest absolute Gasteiger partial charge is 0.119 e. The molecule has 1 aromatic carbocycles. The molecule has 1 aliphatic carbocycles. The van der Waals surface area contributed by atoms with Gasteiger partial charge in [-0.2, -0.15) is 0 Å². The molecular formula is C15H23NO2. The van der Waals surface area contributed by atoms with Gasteiger partial charge in [-0.3, -0.25) is 0 Å². The third-order valence-electron chi connectivity index (χ3n) is 3.76. The SMILES string of the molecule is COc1ccc(OCC(N)C2CCCCC2)cc1. The Morgan fingerprint density at radius 2 is 1.72 bits per heavy atom. The van der Waals surface area contributed by atoms with Gasteiger partial charge in [0.1, 0.15) is 18.1 Å². The van der Waals surface area contributed by atoms with E-state index in [0.717, 1.165) is 11.5 Å². The van der Waals surface area contributed by atoms with Crippen molar-refractivity contribution in [2.75, 3.05) is 13.7 Å². The van der Waals surface area contributed by atoms with Gasteiger partial charge in [-0.05, 0) is 43.0 Å². The first-order valence-corrected chi connectivity index (χ1v) is 6.82. The Hall–Kier alpha value is -1.22. The molecule has 0 spiro atoms. The first-order valence-electron chi connectivity index (χ1n) is 6.82. The molecule has 2 rings (SSSR count). The summed E-state index contributed by atoms with van der Waals surface area (Å²) in [6, 6.07) is 7.81. The molecule has 1 aromatic rings. The summed E-state index contributed by atoms with van der Waals surface area (Å²) in [5.41, 5.74) is 6.20. The van der Waals surface area contributed by atoms with Gasteiger partial charge in [-0.25, -0.2) is 0 Å². The minimum absolute atomic E-state index is 0.160. The molecule has 1 aliphatic rings. The van der Waals surface area contributed by atoms with Crippen LogP contribution in [0.15, 0.2) is 24.3 Å². The zero-order valence-electron chi connectivity index (χ0n) is 11.1. The summed E-state index contributed by atoms with van der Waals surface area (Å²) in [6.07, 6.45) is 6.52. The predicted molar refractivity (Wildman–Crippen MR) is 73.0 cm³/mol. The van der Waals surface area contributed by atoms with E-state index in [1.165, 1.54) is 32.1 Å². The van der Waals surface area contributed by atoms with Gasteiger partial charge in [0.2, 0.25) is 0 Å². The van der Waals surface area contributed by atoms with E-state index in [-0.39, 0.29) is 6.04 Å². The van der Waals surface area contributed by atoms with Crippen LogP contribution in [0.2, 0.25) is 0 Å². The molecular weight excluding hydrogens is 226 g/mol. The topological polar surface area (TPSA) is 44.5 Å². The summed E-state index contributed by atoms with van der Waals surface area (Å²) in [7, 11) is 1.66. The molecule has 100 valence electrons. The molecule has 0 amide bonds. The second-order valence-electron chi connectivity index (χ2n) is 5.05. The molecule has 0 aliphatic heterocycles. The van der Waals surface area contributed by atoms with Gasteiger partial charge in [-0.15, -0.1) is 0 Å². The fourth-order valence-electron chi connectivity index (χ4n) is 2.56. The molecule has 2 N–H and O–H groups in total. The van der Waals surface area contributed by atoms with E-state index >= 15 is 0 Å². The van der Waals surface area contributed by atoms with Gasteiger partial charge in [0.15, 0.2) is 0 Å². The summed E-state index contributed by atoms with van der Waals surface area (Å²) in [5, 5.41) is 0. The third kappa shape index (κ3) is 3.64. The van der Waals surface area contributed by atoms with Crippen LogP contribution in [-0.4, -0.2) is 19.8 Å². The average Bonchev–Trinajstić information content (AvgIpc) is 2.46. The van der Waals surface area contributed by atoms with Crippen molar-refractivity contribution in [3.05, 3.63) is 24.3 Å². The number of hydrogen-bond acceptors (Lipinski definition) is 3. The molecule has 1 unspecified atom stereocenters. The molecule has 1 atom stereocenters. The summed E-state index contributed by atoms with van der Waals surface area (Å²) in [4.78, 5) is 0. The van der Waals surface area contributed by atoms with Crippen LogP contribution in [-0.2, 0) is 0 Å². The lowest BCUT2D eigenvalue weighted by Crippen LogP contribution is -2.37. The van der Waals surface area contributed by atoms with Gasteiger partial charge in [-0.1, -0.05) is 19.3 Å². The molecule has 0 radical (unpaired) electrons. The summed E-state index contributed by atoms with van der Waals surface area (Å²) in [6.45, 7) is 0.608. The van der Waals surface area contributed by atoms with Gasteiger partial charge in [0.05, 0.1) is 7.11 Å². The lowest BCUT2D eigenvalue weighted by atomic mass is 9.84. The normalized spacial score (nSPS) is 18.3. The highest BCUT2D eigenvalue weighted by Crippen LogP contribution is 2.26. The summed E-state index contributed by atoms with van der Waals surface area (Å²) >= 11 is 0. The second-order valence-corrected chi connectivity index (χ2v) is 5.05. The van der Waals surface area contributed by atoms with E-state index in [9.17, 15) is 0 Å². The van der Waals surface area contributed by atoms with Crippen LogP contribution in [0.25, 0.3) is 0 Å². The first kappa shape index (κ1) is 13.2. The van der Waals surface area contributed by atoms with Crippen LogP contribution in [0, 0.1) is 5.92 Å². The zero-order chi connectivity index (χ0) is 12.8. The number of benzene rings is 1. The number of methoxy groups -OCH3 is 1. The molecule has 18 heavy (non-hydrogen) atoms. The van der Waals surface area contributed by atoms with Crippen molar-refractivity contribution in [3.8, 4) is 11.5 Å². The lowest BCUT2D eigenvalue weighted by Gasteiger charge is -2.27. The highest BCUT2D eigenvalue weighted by Gasteiger charge is 2.20. The number of nitrogens with two attached hydrogens (primary N) is 1. The lowest BCUT2D eigenvalue weighted by molar-refractivity contribution is 0.214. The van der Waals surface area contributed by atoms with Crippen LogP contribution in [0.5, 0.6) is 11.5 Å². The Kier molecular flexibility index (Phi) is 4.88. The second kappa shape index (κ2) is 6.64. The van der Waals surface area contributed by atoms with Gasteiger partial charge in [0.25, 0.3) is 0 Å². The molecule has 0 saturated heterocycles. The van der Waals surface area contributed by atoms with Gasteiger partial charge >= 0.3 is 0 Å². The Balaban J connectivity index is 1.78. The van der Waals surface area contributed by atoms with E-state index in [4.69, 9.17) is 15.2 Å². The van der Waals surface area contributed by atoms with E-state index < -0.39 is 0 Å². The molecule has 0 heterocycles. The average molecular weight is 249 g/mol. The Bertz CT molecular complexity index is 344. The zero-order valence-corrected chi connectivity index (χ0v) is 11.1. The number of ether oxygens (including phenoxy) is 2. The third-order valence-corrected chi connectivity index (χ3v) is 3.76. The minimum Gasteiger partial charge on any atom is -0.497 e. The molecule has 1 fully saturated rings. The molecule has 1 saturated carbocycles. The van der Waals surface area contributed by atoms with Crippen molar-refractivity contribution in [1.82, 2.24) is 0 Å². The number of hydrogen-bond donors (Lipinski definition) is 1. The summed E-state index contributed by atoms with van der Waals surface area (Å²) in [5.74, 6) is 2.35. The highest BCUT2D eigenvalue weighted by molar-refractivity contribution is 5.31. The van der Waals surface area contributed by atoms with Crippen molar-refractivity contribution in [1.29, 1.82) is 0 Å². The maximum atomic E-state index is 6.20. The van der Waals surface area contributed by atoms with Crippen LogP contribution in [0.3, 0.4) is 0 Å². The van der Waals surface area contributed by atoms with Crippen LogP contribution in [0.4, 0.5) is 0 Å². The monoisotopic (exact) mass is 249 g/mol. The molecule has 0 aromatic heterocycles. The summed E-state index contributed by atoms with van der Waals surface area (Å²) < 4.78 is 10.8. The fourth-order valence-corrected chi connectivity index (χ4v) is 2.56. The maximum absolute atomic E-state index is 6.20. The van der Waals surface area contributed by atoms with E-state index in [0.29, 0.717) is 12.5 Å². The molecule has 3 heteroatoms. The van der Waals surface area contributed by atoms with Crippen LogP contribution in [0.1, 0.15) is 32.1 Å². The highest BCUT2D eigenvalue weighted by atomic mass is 16.5. The van der Waals surface area contributed by atoms with Gasteiger partial charge < -0.3 is 15.2 Å². The van der Waals surface area contributed by atoms with Crippen LogP contribution >= 0.6 is 0 Å². The fraction of sp³-hybridized carbons (Fsp3) is 0.600. The Labute approximate surface area is 109 Å². The standard InChI is InChI=1S/C15H23NO2/c1-17-13-7-9-14(10-8-13)18-11-15(16)12-5-3-2-4-6-12/h7-10,12,15H,2-6,11,16H2,1H3. The number of rotatable bonds is 5. The first-order chi connectivity index (χ1) is 8.79. The Morgan fingerprint density at radius 1 is 1.11 bits per heavy atom. The molecule has 3 nitrogen and oxygen atoms in total. The van der Waals surface area contributed by atoms with Gasteiger partial charge in [0, 0.05) is 6.04 Å². The maximum Gasteiger partial charge on any atom is 0.119 e. The quantitative estimate of drug-likeness (QED) is 0.872. The van der Waals surface area contributed by atoms with E-state index in [1.54, 1.807) is 7.11 Å². The van der Waals surface area contributed by atoms with Crippen molar-refractivity contribution in [2.45, 2.75) is 38.1 Å². The van der Waals surface area contributed by atoms with Crippen molar-refractivity contribution >= 4 is 0 Å². The Morgan fingerprint density at radius 3 is 2.33 bits per heavy atom. The minimum atomic E-state index is 0.160. The van der Waals surface area contributed by atoms with Crippen molar-refractivity contribution in [3.63, 3.8) is 0 Å². The van der Waals surface area contributed by atoms with E-state index in [1.807, 2.05) is 24.3 Å². The van der Waals surface area contributed by atoms with E-state index in [2.05, 4.69) is 0 Å². The molecule has 0 bridgehead atoms. The van der Waals surface area contributed by atoms with Crippen molar-refractivity contribution in [2.24, 2.45) is 11.7 Å². The predicted octanol–water partition coefficient (Wildman–Crippen LogP) is 2.98. The largest absolute Gasteiger partial charge is 0.497 e. The van der Waals surface area contributed by atoms with Crippen molar-refractivity contribution < 1.29 is 9.47 Å².